The number of carbonyl (C=O) groups is 6. The van der Waals surface area contributed by atoms with Crippen LogP contribution in [0, 0.1) is 5.92 Å². The number of amides is 3. The third-order valence-corrected chi connectivity index (χ3v) is 5.55. The van der Waals surface area contributed by atoms with Crippen LogP contribution in [0.4, 0.5) is 9.59 Å². The molecule has 0 radical (unpaired) electrons. The van der Waals surface area contributed by atoms with Gasteiger partial charge >= 0.3 is 30.1 Å². The van der Waals surface area contributed by atoms with E-state index >= 15 is 0 Å². The largest absolute Gasteiger partial charge is 0.509 e. The first-order valence-corrected chi connectivity index (χ1v) is 9.72. The van der Waals surface area contributed by atoms with E-state index in [-0.39, 0.29) is 6.61 Å². The van der Waals surface area contributed by atoms with Gasteiger partial charge in [-0.1, -0.05) is 0 Å². The van der Waals surface area contributed by atoms with E-state index in [9.17, 15) is 28.8 Å². The molecule has 3 saturated heterocycles. The van der Waals surface area contributed by atoms with Gasteiger partial charge in [0.05, 0.1) is 6.04 Å². The van der Waals surface area contributed by atoms with Crippen molar-refractivity contribution in [2.75, 3.05) is 6.61 Å². The number of rotatable bonds is 5. The fourth-order valence-electron chi connectivity index (χ4n) is 4.41. The van der Waals surface area contributed by atoms with Crippen molar-refractivity contribution in [3.05, 3.63) is 0 Å². The van der Waals surface area contributed by atoms with Crippen LogP contribution in [-0.2, 0) is 47.6 Å². The molecule has 4 rings (SSSR count). The van der Waals surface area contributed by atoms with E-state index in [1.54, 1.807) is 0 Å². The Labute approximate surface area is 180 Å². The molecule has 3 heterocycles. The number of carbonyl (C=O) groups excluding carboxylic acids is 6. The SMILES string of the molecule is CC(=O)OC[C@@H]1O[C@@H](N2C(=O)NC(=O)[C@@H]3[C@H]4OC(=O)O[C@@H]4[C@@H]32)[C@@H](OC(C)=O)[C@@H]1OC(C)=O. The highest BCUT2D eigenvalue weighted by Crippen LogP contribution is 2.46. The summed E-state index contributed by atoms with van der Waals surface area (Å²) in [7, 11) is 0. The number of esters is 3. The number of imide groups is 1. The molecule has 174 valence electrons. The van der Waals surface area contributed by atoms with Crippen LogP contribution < -0.4 is 5.32 Å². The topological polar surface area (TPSA) is 173 Å². The average molecular weight is 456 g/mol. The second-order valence-corrected chi connectivity index (χ2v) is 7.65. The van der Waals surface area contributed by atoms with Crippen LogP contribution in [0.5, 0.6) is 0 Å². The molecule has 3 aliphatic heterocycles. The van der Waals surface area contributed by atoms with Gasteiger partial charge in [0, 0.05) is 20.8 Å². The van der Waals surface area contributed by atoms with Crippen molar-refractivity contribution in [1.82, 2.24) is 10.2 Å². The predicted octanol–water partition coefficient (Wildman–Crippen LogP) is -1.41. The van der Waals surface area contributed by atoms with Crippen molar-refractivity contribution < 1.29 is 57.2 Å². The zero-order chi connectivity index (χ0) is 23.3. The van der Waals surface area contributed by atoms with Gasteiger partial charge in [-0.3, -0.25) is 29.4 Å². The van der Waals surface area contributed by atoms with E-state index < -0.39 is 84.7 Å². The van der Waals surface area contributed by atoms with Gasteiger partial charge in [0.2, 0.25) is 5.91 Å². The lowest BCUT2D eigenvalue weighted by Crippen LogP contribution is -2.77. The van der Waals surface area contributed by atoms with E-state index in [1.165, 1.54) is 0 Å². The second-order valence-electron chi connectivity index (χ2n) is 7.65. The van der Waals surface area contributed by atoms with Crippen molar-refractivity contribution in [3.8, 4) is 0 Å². The molecule has 0 unspecified atom stereocenters. The van der Waals surface area contributed by atoms with Gasteiger partial charge in [0.1, 0.15) is 18.6 Å². The summed E-state index contributed by atoms with van der Waals surface area (Å²) in [6.07, 6.45) is -7.83. The molecule has 1 N–H and O–H groups in total. The summed E-state index contributed by atoms with van der Waals surface area (Å²) >= 11 is 0. The molecule has 32 heavy (non-hydrogen) atoms. The number of nitrogens with zero attached hydrogens (tertiary/aromatic N) is 1. The Balaban J connectivity index is 1.67. The molecule has 0 aromatic rings. The van der Waals surface area contributed by atoms with Crippen LogP contribution in [0.3, 0.4) is 0 Å². The van der Waals surface area contributed by atoms with Gasteiger partial charge in [-0.05, 0) is 0 Å². The minimum atomic E-state index is -1.36. The molecule has 8 atom stereocenters. The molecule has 0 spiro atoms. The van der Waals surface area contributed by atoms with Gasteiger partial charge in [0.25, 0.3) is 0 Å². The van der Waals surface area contributed by atoms with E-state index in [0.717, 1.165) is 25.7 Å². The van der Waals surface area contributed by atoms with Crippen LogP contribution in [-0.4, -0.2) is 90.3 Å². The summed E-state index contributed by atoms with van der Waals surface area (Å²) < 4.78 is 31.5. The molecule has 1 aliphatic carbocycles. The molecular weight excluding hydrogens is 436 g/mol. The van der Waals surface area contributed by atoms with Crippen LogP contribution in [0.2, 0.25) is 0 Å². The first kappa shape index (κ1) is 21.8. The normalized spacial score (nSPS) is 37.2. The van der Waals surface area contributed by atoms with Gasteiger partial charge in [-0.15, -0.1) is 0 Å². The molecule has 4 aliphatic rings. The lowest BCUT2D eigenvalue weighted by molar-refractivity contribution is -0.187. The minimum Gasteiger partial charge on any atom is -0.463 e. The molecule has 14 heteroatoms. The number of hydrogen-bond acceptors (Lipinski definition) is 12. The van der Waals surface area contributed by atoms with Crippen LogP contribution in [0.15, 0.2) is 0 Å². The van der Waals surface area contributed by atoms with Crippen molar-refractivity contribution in [2.45, 2.75) is 63.6 Å². The highest BCUT2D eigenvalue weighted by molar-refractivity contribution is 6.00. The van der Waals surface area contributed by atoms with Crippen molar-refractivity contribution in [3.63, 3.8) is 0 Å². The molecule has 0 aromatic carbocycles. The lowest BCUT2D eigenvalue weighted by atomic mass is 9.71. The third kappa shape index (κ3) is 3.59. The maximum atomic E-state index is 12.8. The van der Waals surface area contributed by atoms with E-state index in [0.29, 0.717) is 0 Å². The fourth-order valence-corrected chi connectivity index (χ4v) is 4.41. The van der Waals surface area contributed by atoms with Crippen molar-refractivity contribution in [2.24, 2.45) is 5.92 Å². The molecule has 3 amide bonds. The molecule has 1 saturated carbocycles. The number of fused-ring (bicyclic) bond motifs is 4. The molecule has 4 fully saturated rings. The summed E-state index contributed by atoms with van der Waals surface area (Å²) in [5, 5.41) is 2.15. The minimum absolute atomic E-state index is 0.367. The van der Waals surface area contributed by atoms with Gasteiger partial charge in [-0.2, -0.15) is 0 Å². The third-order valence-electron chi connectivity index (χ3n) is 5.55. The summed E-state index contributed by atoms with van der Waals surface area (Å²) in [5.41, 5.74) is 0. The smallest absolute Gasteiger partial charge is 0.463 e. The zero-order valence-electron chi connectivity index (χ0n) is 17.2. The monoisotopic (exact) mass is 456 g/mol. The first-order chi connectivity index (χ1) is 15.1. The first-order valence-electron chi connectivity index (χ1n) is 9.72. The zero-order valence-corrected chi connectivity index (χ0v) is 17.2. The Morgan fingerprint density at radius 1 is 0.938 bits per heavy atom. The highest BCUT2D eigenvalue weighted by Gasteiger charge is 2.70. The summed E-state index contributed by atoms with van der Waals surface area (Å²) in [5.74, 6) is -3.74. The predicted molar refractivity (Wildman–Crippen MR) is 94.2 cm³/mol. The van der Waals surface area contributed by atoms with Crippen molar-refractivity contribution in [1.29, 1.82) is 0 Å². The van der Waals surface area contributed by atoms with Gasteiger partial charge in [0.15, 0.2) is 30.6 Å². The number of nitrogens with one attached hydrogen (secondary N) is 1. The number of ether oxygens (including phenoxy) is 6. The van der Waals surface area contributed by atoms with E-state index in [2.05, 4.69) is 5.32 Å². The Morgan fingerprint density at radius 2 is 1.56 bits per heavy atom. The Bertz CT molecular complexity index is 889. The maximum Gasteiger partial charge on any atom is 0.509 e. The number of hydrogen-bond donors (Lipinski definition) is 1. The standard InChI is InChI=1S/C18H20N2O12/c1-5(21)27-4-8-11(28-6(2)22)14(29-7(3)23)16(30-8)20-10-9(15(24)19-17(20)25)12-13(10)32-18(26)31-12/h8-14,16H,4H2,1-3H3,(H,19,24,25)/t8-,9-,10+,11+,12+,13+,14-,16+/m0/s1. The van der Waals surface area contributed by atoms with E-state index in [4.69, 9.17) is 28.4 Å². The Kier molecular flexibility index (Phi) is 5.40. The molecular formula is C18H20N2O12. The lowest BCUT2D eigenvalue weighted by Gasteiger charge is -2.52. The van der Waals surface area contributed by atoms with Crippen LogP contribution >= 0.6 is 0 Å². The van der Waals surface area contributed by atoms with Gasteiger partial charge in [-0.25, -0.2) is 9.59 Å². The highest BCUT2D eigenvalue weighted by atomic mass is 16.8. The summed E-state index contributed by atoms with van der Waals surface area (Å²) in [4.78, 5) is 72.5. The average Bonchev–Trinajstić information content (AvgIpc) is 3.15. The Morgan fingerprint density at radius 3 is 2.19 bits per heavy atom. The van der Waals surface area contributed by atoms with Crippen LogP contribution in [0.25, 0.3) is 0 Å². The maximum absolute atomic E-state index is 12.8. The summed E-state index contributed by atoms with van der Waals surface area (Å²) in [6.45, 7) is 3.02. The Hall–Kier alpha value is -3.42. The molecule has 0 bridgehead atoms. The second kappa shape index (κ2) is 7.93. The van der Waals surface area contributed by atoms with E-state index in [1.807, 2.05) is 0 Å². The quantitative estimate of drug-likeness (QED) is 0.379. The van der Waals surface area contributed by atoms with Gasteiger partial charge < -0.3 is 28.4 Å². The van der Waals surface area contributed by atoms with Crippen molar-refractivity contribution >= 4 is 36.0 Å². The van der Waals surface area contributed by atoms with Crippen LogP contribution in [0.1, 0.15) is 20.8 Å². The summed E-state index contributed by atoms with van der Waals surface area (Å²) in [6, 6.07) is -1.87. The fraction of sp³-hybridized carbons (Fsp3) is 0.667. The number of urea groups is 1. The molecule has 14 nitrogen and oxygen atoms in total. The molecule has 0 aromatic heterocycles.